The topological polar surface area (TPSA) is 86.0 Å². The van der Waals surface area contributed by atoms with E-state index in [1.165, 1.54) is 6.07 Å². The maximum absolute atomic E-state index is 14.9. The van der Waals surface area contributed by atoms with Crippen molar-refractivity contribution in [2.75, 3.05) is 20.2 Å². The van der Waals surface area contributed by atoms with Crippen LogP contribution < -0.4 is 14.2 Å². The summed E-state index contributed by atoms with van der Waals surface area (Å²) in [5.74, 6) is 0.919. The molecule has 4 aromatic rings. The van der Waals surface area contributed by atoms with Crippen LogP contribution in [0.15, 0.2) is 66.9 Å². The number of benzene rings is 3. The van der Waals surface area contributed by atoms with E-state index < -0.39 is 11.8 Å². The lowest BCUT2D eigenvalue weighted by Crippen LogP contribution is -2.34. The number of aliphatic carboxylic acids is 1. The third-order valence-corrected chi connectivity index (χ3v) is 8.71. The molecule has 1 atom stereocenters. The van der Waals surface area contributed by atoms with Gasteiger partial charge in [-0.3, -0.25) is 9.69 Å². The first-order valence-electron chi connectivity index (χ1n) is 15.1. The summed E-state index contributed by atoms with van der Waals surface area (Å²) in [5, 5.41) is 9.29. The molecule has 0 spiro atoms. The third kappa shape index (κ3) is 6.15. The van der Waals surface area contributed by atoms with Crippen LogP contribution in [0.5, 0.6) is 17.2 Å². The number of likely N-dealkylation sites (tertiary alicyclic amines) is 1. The second kappa shape index (κ2) is 12.3. The maximum Gasteiger partial charge on any atom is 0.303 e. The van der Waals surface area contributed by atoms with E-state index in [2.05, 4.69) is 15.5 Å². The summed E-state index contributed by atoms with van der Waals surface area (Å²) >= 11 is 0. The summed E-state index contributed by atoms with van der Waals surface area (Å²) < 4.78 is 35.1. The van der Waals surface area contributed by atoms with E-state index in [1.807, 2.05) is 55.6 Å². The largest absolute Gasteiger partial charge is 0.497 e. The number of hydrogen-bond donors (Lipinski definition) is 1. The zero-order valence-electron chi connectivity index (χ0n) is 25.4. The van der Waals surface area contributed by atoms with Crippen molar-refractivity contribution in [1.29, 1.82) is 0 Å². The smallest absolute Gasteiger partial charge is 0.303 e. The first-order valence-corrected chi connectivity index (χ1v) is 15.1. The maximum atomic E-state index is 14.9. The minimum atomic E-state index is -1.23. The number of rotatable bonds is 10. The monoisotopic (exact) mass is 599 g/mol. The molecule has 1 aromatic heterocycles. The van der Waals surface area contributed by atoms with Crippen LogP contribution >= 0.6 is 0 Å². The molecule has 0 amide bonds. The summed E-state index contributed by atoms with van der Waals surface area (Å²) in [6, 6.07) is 19.0. The Kier molecular flexibility index (Phi) is 8.31. The molecule has 3 heterocycles. The molecule has 8 nitrogen and oxygen atoms in total. The van der Waals surface area contributed by atoms with Crippen molar-refractivity contribution in [3.63, 3.8) is 0 Å². The number of ether oxygens (including phenoxy) is 3. The highest BCUT2D eigenvalue weighted by Crippen LogP contribution is 2.49. The van der Waals surface area contributed by atoms with Crippen LogP contribution in [0.2, 0.25) is 0 Å². The minimum absolute atomic E-state index is 0.0530. The van der Waals surface area contributed by atoms with E-state index >= 15 is 0 Å². The number of para-hydroxylation sites is 1. The van der Waals surface area contributed by atoms with E-state index in [-0.39, 0.29) is 18.2 Å². The van der Waals surface area contributed by atoms with E-state index in [0.29, 0.717) is 36.6 Å². The number of fused-ring (bicyclic) bond motifs is 1. The molecule has 3 aromatic carbocycles. The predicted octanol–water partition coefficient (Wildman–Crippen LogP) is 6.43. The second-order valence-corrected chi connectivity index (χ2v) is 11.9. The van der Waals surface area contributed by atoms with Gasteiger partial charge in [-0.2, -0.15) is 0 Å². The average Bonchev–Trinajstić information content (AvgIpc) is 3.56. The van der Waals surface area contributed by atoms with Crippen LogP contribution in [-0.2, 0) is 30.1 Å². The van der Waals surface area contributed by atoms with Gasteiger partial charge in [-0.25, -0.2) is 9.37 Å². The van der Waals surface area contributed by atoms with Crippen molar-refractivity contribution >= 4 is 5.97 Å². The fourth-order valence-corrected chi connectivity index (χ4v) is 6.33. The van der Waals surface area contributed by atoms with Gasteiger partial charge in [0.15, 0.2) is 11.5 Å². The van der Waals surface area contributed by atoms with Crippen molar-refractivity contribution in [2.24, 2.45) is 0 Å². The molecule has 0 aliphatic carbocycles. The molecule has 1 saturated heterocycles. The number of aromatic nitrogens is 2. The molecule has 1 N–H and O–H groups in total. The summed E-state index contributed by atoms with van der Waals surface area (Å²) in [6.07, 6.45) is 4.14. The minimum Gasteiger partial charge on any atom is -0.497 e. The fourth-order valence-electron chi connectivity index (χ4n) is 6.33. The molecule has 44 heavy (non-hydrogen) atoms. The normalized spacial score (nSPS) is 18.5. The summed E-state index contributed by atoms with van der Waals surface area (Å²) in [4.78, 5) is 18.5. The summed E-state index contributed by atoms with van der Waals surface area (Å²) in [5.41, 5.74) is 4.29. The van der Waals surface area contributed by atoms with Gasteiger partial charge in [0.05, 0.1) is 25.6 Å². The zero-order chi connectivity index (χ0) is 30.8. The number of halogens is 1. The van der Waals surface area contributed by atoms with Crippen LogP contribution in [0, 0.1) is 12.7 Å². The number of hydrogen-bond acceptors (Lipinski definition) is 6. The Morgan fingerprint density at radius 3 is 2.64 bits per heavy atom. The van der Waals surface area contributed by atoms with Gasteiger partial charge in [0.1, 0.15) is 17.4 Å². The number of carboxylic acids is 1. The predicted molar refractivity (Wildman–Crippen MR) is 164 cm³/mol. The Bertz CT molecular complexity index is 1660. The molecule has 1 unspecified atom stereocenters. The molecule has 0 radical (unpaired) electrons. The highest BCUT2D eigenvalue weighted by atomic mass is 19.1. The number of piperidine rings is 1. The Labute approximate surface area is 257 Å². The van der Waals surface area contributed by atoms with E-state index in [4.69, 9.17) is 19.2 Å². The lowest BCUT2D eigenvalue weighted by molar-refractivity contribution is -0.137. The fraction of sp³-hybridized carbons (Fsp3) is 0.371. The molecule has 0 saturated carbocycles. The molecule has 6 rings (SSSR count). The van der Waals surface area contributed by atoms with Crippen LogP contribution in [-0.4, -0.2) is 45.7 Å². The molecule has 2 aliphatic heterocycles. The van der Waals surface area contributed by atoms with Gasteiger partial charge in [-0.15, -0.1) is 0 Å². The van der Waals surface area contributed by atoms with Gasteiger partial charge < -0.3 is 23.9 Å². The number of imidazole rings is 1. The van der Waals surface area contributed by atoms with Crippen molar-refractivity contribution in [2.45, 2.75) is 64.3 Å². The van der Waals surface area contributed by atoms with Gasteiger partial charge >= 0.3 is 5.97 Å². The number of methoxy groups -OCH3 is 1. The van der Waals surface area contributed by atoms with Crippen LogP contribution in [0.3, 0.4) is 0 Å². The quantitative estimate of drug-likeness (QED) is 0.225. The average molecular weight is 600 g/mol. The molecule has 9 heteroatoms. The van der Waals surface area contributed by atoms with Gasteiger partial charge in [-0.05, 0) is 86.7 Å². The highest BCUT2D eigenvalue weighted by molar-refractivity contribution is 5.67. The first-order chi connectivity index (χ1) is 21.2. The second-order valence-electron chi connectivity index (χ2n) is 11.9. The van der Waals surface area contributed by atoms with Crippen molar-refractivity contribution in [1.82, 2.24) is 14.5 Å². The zero-order valence-corrected chi connectivity index (χ0v) is 25.4. The highest BCUT2D eigenvalue weighted by Gasteiger charge is 2.42. The Morgan fingerprint density at radius 2 is 1.89 bits per heavy atom. The molecule has 2 aliphatic rings. The van der Waals surface area contributed by atoms with Gasteiger partial charge in [0.2, 0.25) is 0 Å². The van der Waals surface area contributed by atoms with Gasteiger partial charge in [-0.1, -0.05) is 30.3 Å². The number of nitrogens with zero attached hydrogens (tertiary/aromatic N) is 3. The molecular weight excluding hydrogens is 561 g/mol. The summed E-state index contributed by atoms with van der Waals surface area (Å²) in [6.45, 7) is 6.63. The molecule has 1 fully saturated rings. The van der Waals surface area contributed by atoms with Crippen molar-refractivity contribution in [3.05, 3.63) is 106 Å². The van der Waals surface area contributed by atoms with Gasteiger partial charge in [0, 0.05) is 30.9 Å². The number of aryl methyl sites for hydroxylation is 2. The van der Waals surface area contributed by atoms with Crippen molar-refractivity contribution in [3.8, 4) is 17.2 Å². The number of carbonyl (C=O) groups is 1. The van der Waals surface area contributed by atoms with Crippen LogP contribution in [0.1, 0.15) is 65.9 Å². The molecular formula is C35H38FN3O5. The Balaban J connectivity index is 1.15. The number of carboxylic acid groups (broad SMARTS) is 1. The van der Waals surface area contributed by atoms with E-state index in [1.54, 1.807) is 20.1 Å². The van der Waals surface area contributed by atoms with Gasteiger partial charge in [0.25, 0.3) is 5.79 Å². The van der Waals surface area contributed by atoms with E-state index in [0.717, 1.165) is 59.9 Å². The Hall–Kier alpha value is -4.37. The van der Waals surface area contributed by atoms with E-state index in [9.17, 15) is 14.3 Å². The summed E-state index contributed by atoms with van der Waals surface area (Å²) in [7, 11) is 1.65. The van der Waals surface area contributed by atoms with Crippen LogP contribution in [0.4, 0.5) is 4.39 Å². The molecule has 230 valence electrons. The lowest BCUT2D eigenvalue weighted by atomic mass is 9.88. The lowest BCUT2D eigenvalue weighted by Gasteiger charge is -2.32. The third-order valence-electron chi connectivity index (χ3n) is 8.71. The Morgan fingerprint density at radius 1 is 1.09 bits per heavy atom. The van der Waals surface area contributed by atoms with Crippen LogP contribution in [0.25, 0.3) is 0 Å². The first kappa shape index (κ1) is 29.7. The molecule has 0 bridgehead atoms. The standard InChI is InChI=1S/C35H38FN3O5/c1-23-10-12-29(30(36)18-23)35(2)43-31-9-5-8-28(34(31)44-35)25-14-16-38(17-15-25)22-32-37-20-26(11-13-33(40)41)39(32)21-24-6-4-7-27(19-24)42-3/h4-10,12,18-20,25H,11,13-17,21-22H2,1-3H3,(H,40,41). The van der Waals surface area contributed by atoms with Crippen molar-refractivity contribution < 1.29 is 28.5 Å². The SMILES string of the molecule is COc1cccc(Cn2c(CCC(=O)O)cnc2CN2CCC(c3cccc4c3OC(C)(c3ccc(C)cc3F)O4)CC2)c1.